The van der Waals surface area contributed by atoms with Gasteiger partial charge < -0.3 is 0 Å². The van der Waals surface area contributed by atoms with E-state index in [0.29, 0.717) is 5.56 Å². The number of aryl methyl sites for hydroxylation is 1. The largest absolute Gasteiger partial charge is 0.274 e. The number of pyridine rings is 1. The van der Waals surface area contributed by atoms with Crippen LogP contribution < -0.4 is 5.48 Å². The first-order chi connectivity index (χ1) is 6.74. The molecule has 4 nitrogen and oxygen atoms in total. The van der Waals surface area contributed by atoms with Gasteiger partial charge >= 0.3 is 0 Å². The van der Waals surface area contributed by atoms with Crippen molar-refractivity contribution < 1.29 is 9.63 Å². The Kier molecular flexibility index (Phi) is 3.65. The van der Waals surface area contributed by atoms with Gasteiger partial charge in [-0.25, -0.2) is 5.48 Å². The van der Waals surface area contributed by atoms with Crippen LogP contribution in [0.25, 0.3) is 0 Å². The van der Waals surface area contributed by atoms with Gasteiger partial charge in [-0.15, -0.1) is 6.42 Å². The molecule has 0 aliphatic carbocycles. The van der Waals surface area contributed by atoms with E-state index in [1.54, 1.807) is 25.3 Å². The average molecular weight is 190 g/mol. The van der Waals surface area contributed by atoms with E-state index in [4.69, 9.17) is 6.42 Å². The van der Waals surface area contributed by atoms with E-state index < -0.39 is 0 Å². The van der Waals surface area contributed by atoms with Crippen LogP contribution >= 0.6 is 0 Å². The zero-order valence-corrected chi connectivity index (χ0v) is 7.78. The lowest BCUT2D eigenvalue weighted by molar-refractivity contribution is 0.0438. The number of terminal acetylenes is 1. The number of carbonyl (C=O) groups is 1. The van der Waals surface area contributed by atoms with Crippen LogP contribution in [0.15, 0.2) is 18.3 Å². The minimum absolute atomic E-state index is 0.0514. The highest BCUT2D eigenvalue weighted by Gasteiger charge is 2.04. The Balaban J connectivity index is 2.57. The summed E-state index contributed by atoms with van der Waals surface area (Å²) in [4.78, 5) is 20.0. The van der Waals surface area contributed by atoms with Crippen molar-refractivity contribution in [1.82, 2.24) is 10.5 Å². The van der Waals surface area contributed by atoms with Gasteiger partial charge in [0.25, 0.3) is 5.91 Å². The zero-order valence-electron chi connectivity index (χ0n) is 7.78. The molecule has 0 bridgehead atoms. The van der Waals surface area contributed by atoms with Crippen molar-refractivity contribution in [2.75, 3.05) is 6.61 Å². The maximum absolute atomic E-state index is 11.3. The van der Waals surface area contributed by atoms with Crippen LogP contribution in [0.3, 0.4) is 0 Å². The average Bonchev–Trinajstić information content (AvgIpc) is 2.18. The maximum Gasteiger partial charge on any atom is 0.274 e. The molecule has 0 radical (unpaired) electrons. The molecule has 0 aliphatic rings. The molecule has 0 unspecified atom stereocenters. The Morgan fingerprint density at radius 2 is 2.57 bits per heavy atom. The van der Waals surface area contributed by atoms with Crippen molar-refractivity contribution in [2.45, 2.75) is 6.92 Å². The fourth-order valence-corrected chi connectivity index (χ4v) is 0.889. The summed E-state index contributed by atoms with van der Waals surface area (Å²) in [6.07, 6.45) is 6.50. The standard InChI is InChI=1S/C10H10N2O2/c1-3-6-14-12-10(13)9-4-5-11-8(2)7-9/h1,4-5,7H,6H2,2H3,(H,12,13). The molecule has 0 saturated carbocycles. The molecular formula is C10H10N2O2. The van der Waals surface area contributed by atoms with Gasteiger partial charge in [0.1, 0.15) is 6.61 Å². The lowest BCUT2D eigenvalue weighted by Gasteiger charge is -2.03. The number of nitrogens with zero attached hydrogens (tertiary/aromatic N) is 1. The van der Waals surface area contributed by atoms with Crippen LogP contribution in [0, 0.1) is 19.3 Å². The molecule has 0 fully saturated rings. The van der Waals surface area contributed by atoms with Crippen LogP contribution in [-0.4, -0.2) is 17.5 Å². The summed E-state index contributed by atoms with van der Waals surface area (Å²) >= 11 is 0. The molecule has 1 heterocycles. The lowest BCUT2D eigenvalue weighted by Crippen LogP contribution is -2.23. The number of hydroxylamine groups is 1. The molecule has 0 spiro atoms. The number of hydrogen-bond acceptors (Lipinski definition) is 3. The predicted octanol–water partition coefficient (Wildman–Crippen LogP) is 0.685. The first-order valence-electron chi connectivity index (χ1n) is 4.02. The molecule has 14 heavy (non-hydrogen) atoms. The summed E-state index contributed by atoms with van der Waals surface area (Å²) < 4.78 is 0. The van der Waals surface area contributed by atoms with Crippen LogP contribution in [0.4, 0.5) is 0 Å². The van der Waals surface area contributed by atoms with Gasteiger partial charge in [0.2, 0.25) is 0 Å². The number of aromatic nitrogens is 1. The molecule has 1 aromatic heterocycles. The molecule has 1 N–H and O–H groups in total. The third kappa shape index (κ3) is 2.88. The van der Waals surface area contributed by atoms with E-state index in [9.17, 15) is 4.79 Å². The van der Waals surface area contributed by atoms with E-state index >= 15 is 0 Å². The second-order valence-corrected chi connectivity index (χ2v) is 2.61. The second kappa shape index (κ2) is 5.00. The molecular weight excluding hydrogens is 180 g/mol. The summed E-state index contributed by atoms with van der Waals surface area (Å²) in [6.45, 7) is 1.86. The number of amides is 1. The Hall–Kier alpha value is -1.86. The van der Waals surface area contributed by atoms with Gasteiger partial charge in [0.05, 0.1) is 0 Å². The van der Waals surface area contributed by atoms with E-state index in [1.807, 2.05) is 0 Å². The molecule has 72 valence electrons. The molecule has 1 rings (SSSR count). The topological polar surface area (TPSA) is 51.2 Å². The molecule has 0 aliphatic heterocycles. The van der Waals surface area contributed by atoms with Crippen molar-refractivity contribution in [1.29, 1.82) is 0 Å². The Morgan fingerprint density at radius 1 is 1.79 bits per heavy atom. The van der Waals surface area contributed by atoms with Crippen molar-refractivity contribution in [3.8, 4) is 12.3 Å². The van der Waals surface area contributed by atoms with Crippen LogP contribution in [0.1, 0.15) is 16.1 Å². The van der Waals surface area contributed by atoms with Crippen LogP contribution in [-0.2, 0) is 4.84 Å². The monoisotopic (exact) mass is 190 g/mol. The maximum atomic E-state index is 11.3. The number of rotatable bonds is 3. The van der Waals surface area contributed by atoms with Crippen molar-refractivity contribution in [3.05, 3.63) is 29.6 Å². The SMILES string of the molecule is C#CCONC(=O)c1ccnc(C)c1. The van der Waals surface area contributed by atoms with E-state index in [1.165, 1.54) is 0 Å². The summed E-state index contributed by atoms with van der Waals surface area (Å²) in [7, 11) is 0. The summed E-state index contributed by atoms with van der Waals surface area (Å²) in [5, 5.41) is 0. The second-order valence-electron chi connectivity index (χ2n) is 2.61. The number of nitrogens with one attached hydrogen (secondary N) is 1. The smallest absolute Gasteiger partial charge is 0.267 e. The van der Waals surface area contributed by atoms with Gasteiger partial charge in [-0.3, -0.25) is 14.6 Å². The Morgan fingerprint density at radius 3 is 3.21 bits per heavy atom. The third-order valence-corrected chi connectivity index (χ3v) is 1.48. The summed E-state index contributed by atoms with van der Waals surface area (Å²) in [6, 6.07) is 3.26. The van der Waals surface area contributed by atoms with Gasteiger partial charge in [-0.2, -0.15) is 0 Å². The lowest BCUT2D eigenvalue weighted by atomic mass is 10.2. The molecule has 1 aromatic rings. The molecule has 0 atom stereocenters. The first kappa shape index (κ1) is 10.2. The fraction of sp³-hybridized carbons (Fsp3) is 0.200. The predicted molar refractivity (Wildman–Crippen MR) is 51.2 cm³/mol. The van der Waals surface area contributed by atoms with Gasteiger partial charge in [-0.1, -0.05) is 5.92 Å². The van der Waals surface area contributed by atoms with Crippen LogP contribution in [0.5, 0.6) is 0 Å². The molecule has 0 saturated heterocycles. The highest BCUT2D eigenvalue weighted by atomic mass is 16.6. The minimum Gasteiger partial charge on any atom is -0.267 e. The van der Waals surface area contributed by atoms with Gasteiger partial charge in [0.15, 0.2) is 0 Å². The van der Waals surface area contributed by atoms with Crippen molar-refractivity contribution >= 4 is 5.91 Å². The van der Waals surface area contributed by atoms with Crippen molar-refractivity contribution in [2.24, 2.45) is 0 Å². The van der Waals surface area contributed by atoms with Gasteiger partial charge in [0, 0.05) is 17.5 Å². The highest BCUT2D eigenvalue weighted by Crippen LogP contribution is 1.99. The summed E-state index contributed by atoms with van der Waals surface area (Å²) in [5.41, 5.74) is 3.49. The van der Waals surface area contributed by atoms with Crippen molar-refractivity contribution in [3.63, 3.8) is 0 Å². The fourth-order valence-electron chi connectivity index (χ4n) is 0.889. The van der Waals surface area contributed by atoms with E-state index in [2.05, 4.69) is 21.2 Å². The van der Waals surface area contributed by atoms with E-state index in [0.717, 1.165) is 5.69 Å². The molecule has 1 amide bonds. The number of carbonyl (C=O) groups excluding carboxylic acids is 1. The first-order valence-corrected chi connectivity index (χ1v) is 4.02. The molecule has 4 heteroatoms. The number of hydrogen-bond donors (Lipinski definition) is 1. The van der Waals surface area contributed by atoms with Crippen LogP contribution in [0.2, 0.25) is 0 Å². The normalized spacial score (nSPS) is 9.14. The Bertz CT molecular complexity index is 369. The zero-order chi connectivity index (χ0) is 10.4. The van der Waals surface area contributed by atoms with Gasteiger partial charge in [-0.05, 0) is 19.1 Å². The van der Waals surface area contributed by atoms with E-state index in [-0.39, 0.29) is 12.5 Å². The summed E-state index contributed by atoms with van der Waals surface area (Å²) in [5.74, 6) is 1.91. The third-order valence-electron chi connectivity index (χ3n) is 1.48. The molecule has 0 aromatic carbocycles. The highest BCUT2D eigenvalue weighted by molar-refractivity contribution is 5.93. The minimum atomic E-state index is -0.328. The Labute approximate surface area is 82.3 Å². The quantitative estimate of drug-likeness (QED) is 0.433.